The highest BCUT2D eigenvalue weighted by molar-refractivity contribution is 6.76. The highest BCUT2D eigenvalue weighted by Crippen LogP contribution is 2.30. The van der Waals surface area contributed by atoms with Crippen molar-refractivity contribution in [3.05, 3.63) is 0 Å². The summed E-state index contributed by atoms with van der Waals surface area (Å²) in [5, 5.41) is 3.94. The van der Waals surface area contributed by atoms with E-state index in [1.165, 1.54) is 0 Å². The van der Waals surface area contributed by atoms with Crippen LogP contribution < -0.4 is 5.43 Å². The van der Waals surface area contributed by atoms with Crippen LogP contribution in [-0.4, -0.2) is 27.7 Å². The number of nitrogens with one attached hydrogen (secondary N) is 1. The van der Waals surface area contributed by atoms with Gasteiger partial charge in [0, 0.05) is 6.54 Å². The molecule has 6 heteroatoms. The summed E-state index contributed by atoms with van der Waals surface area (Å²) >= 11 is 17.2. The van der Waals surface area contributed by atoms with E-state index in [0.29, 0.717) is 12.5 Å². The van der Waals surface area contributed by atoms with Gasteiger partial charge in [-0.25, -0.2) is 0 Å². The second-order valence-electron chi connectivity index (χ2n) is 2.87. The summed E-state index contributed by atoms with van der Waals surface area (Å²) in [5.74, 6) is 0.492. The Balaban J connectivity index is 2.53. The Morgan fingerprint density at radius 2 is 2.23 bits per heavy atom. The van der Waals surface area contributed by atoms with Gasteiger partial charge in [0.1, 0.15) is 6.67 Å². The van der Waals surface area contributed by atoms with Crippen LogP contribution in [0.15, 0.2) is 5.10 Å². The Morgan fingerprint density at radius 1 is 1.54 bits per heavy atom. The van der Waals surface area contributed by atoms with Crippen LogP contribution in [0.1, 0.15) is 19.8 Å². The van der Waals surface area contributed by atoms with Crippen LogP contribution in [0.3, 0.4) is 0 Å². The topological polar surface area (TPSA) is 27.6 Å². The molecular weight excluding hydrogens is 232 g/mol. The molecule has 0 amide bonds. The summed E-state index contributed by atoms with van der Waals surface area (Å²) in [6, 6.07) is 0. The lowest BCUT2D eigenvalue weighted by atomic mass is 10.3. The molecule has 1 aliphatic heterocycles. The molecule has 1 aliphatic rings. The first-order valence-electron chi connectivity index (χ1n) is 4.18. The van der Waals surface area contributed by atoms with E-state index in [1.54, 1.807) is 0 Å². The van der Waals surface area contributed by atoms with E-state index >= 15 is 0 Å². The van der Waals surface area contributed by atoms with Crippen LogP contribution in [0.25, 0.3) is 0 Å². The van der Waals surface area contributed by atoms with E-state index in [4.69, 9.17) is 34.8 Å². The number of hydrogen-bond donors (Lipinski definition) is 1. The zero-order valence-electron chi connectivity index (χ0n) is 7.36. The Morgan fingerprint density at radius 3 is 2.77 bits per heavy atom. The number of halogens is 3. The Bertz CT molecular complexity index is 200. The Hall–Kier alpha value is 0.140. The summed E-state index contributed by atoms with van der Waals surface area (Å²) in [5.41, 5.74) is 2.80. The molecule has 13 heavy (non-hydrogen) atoms. The van der Waals surface area contributed by atoms with Crippen LogP contribution in [-0.2, 0) is 0 Å². The minimum Gasteiger partial charge on any atom is -0.336 e. The maximum Gasteiger partial charge on any atom is 0.249 e. The van der Waals surface area contributed by atoms with Crippen molar-refractivity contribution in [2.45, 2.75) is 23.6 Å². The predicted molar refractivity (Wildman–Crippen MR) is 57.3 cm³/mol. The fourth-order valence-corrected chi connectivity index (χ4v) is 1.60. The van der Waals surface area contributed by atoms with Gasteiger partial charge >= 0.3 is 0 Å². The zero-order chi connectivity index (χ0) is 9.90. The third-order valence-corrected chi connectivity index (χ3v) is 2.29. The molecule has 1 rings (SSSR count). The first-order chi connectivity index (χ1) is 6.05. The first kappa shape index (κ1) is 11.2. The van der Waals surface area contributed by atoms with Crippen molar-refractivity contribution in [1.29, 1.82) is 0 Å². The largest absolute Gasteiger partial charge is 0.336 e. The average molecular weight is 245 g/mol. The van der Waals surface area contributed by atoms with Gasteiger partial charge in [0.25, 0.3) is 0 Å². The van der Waals surface area contributed by atoms with Crippen LogP contribution in [0.4, 0.5) is 0 Å². The summed E-state index contributed by atoms with van der Waals surface area (Å²) < 4.78 is -1.42. The predicted octanol–water partition coefficient (Wildman–Crippen LogP) is 2.33. The normalized spacial score (nSPS) is 17.2. The molecule has 0 spiro atoms. The lowest BCUT2D eigenvalue weighted by Gasteiger charge is -2.22. The van der Waals surface area contributed by atoms with Crippen LogP contribution in [0.2, 0.25) is 0 Å². The molecule has 3 nitrogen and oxygen atoms in total. The molecule has 0 fully saturated rings. The van der Waals surface area contributed by atoms with Crippen molar-refractivity contribution < 1.29 is 0 Å². The minimum atomic E-state index is -1.42. The summed E-state index contributed by atoms with van der Waals surface area (Å²) in [6.45, 7) is 3.62. The smallest absolute Gasteiger partial charge is 0.249 e. The quantitative estimate of drug-likeness (QED) is 0.772. The number of hydrazone groups is 1. The van der Waals surface area contributed by atoms with E-state index in [1.807, 2.05) is 4.90 Å². The second-order valence-corrected chi connectivity index (χ2v) is 5.15. The van der Waals surface area contributed by atoms with Crippen LogP contribution in [0.5, 0.6) is 0 Å². The molecule has 0 radical (unpaired) electrons. The minimum absolute atomic E-state index is 0.492. The fourth-order valence-electron chi connectivity index (χ4n) is 1.12. The molecule has 0 aromatic rings. The Labute approximate surface area is 93.0 Å². The van der Waals surface area contributed by atoms with Crippen molar-refractivity contribution in [2.75, 3.05) is 13.2 Å². The molecule has 76 valence electrons. The number of amidine groups is 1. The van der Waals surface area contributed by atoms with E-state index in [-0.39, 0.29) is 0 Å². The van der Waals surface area contributed by atoms with Gasteiger partial charge < -0.3 is 4.90 Å². The summed E-state index contributed by atoms with van der Waals surface area (Å²) in [4.78, 5) is 1.94. The van der Waals surface area contributed by atoms with Gasteiger partial charge in [0.15, 0.2) is 5.84 Å². The lowest BCUT2D eigenvalue weighted by molar-refractivity contribution is 0.410. The molecule has 0 aliphatic carbocycles. The molecule has 0 atom stereocenters. The molecule has 1 N–H and O–H groups in total. The number of hydrogen-bond acceptors (Lipinski definition) is 3. The molecule has 0 saturated heterocycles. The van der Waals surface area contributed by atoms with Gasteiger partial charge in [0.2, 0.25) is 3.79 Å². The van der Waals surface area contributed by atoms with Crippen LogP contribution in [0, 0.1) is 0 Å². The van der Waals surface area contributed by atoms with Gasteiger partial charge in [-0.2, -0.15) is 5.10 Å². The molecule has 0 bridgehead atoms. The zero-order valence-corrected chi connectivity index (χ0v) is 9.62. The first-order valence-corrected chi connectivity index (χ1v) is 5.31. The van der Waals surface area contributed by atoms with Crippen molar-refractivity contribution in [1.82, 2.24) is 10.3 Å². The highest BCUT2D eigenvalue weighted by Gasteiger charge is 2.35. The number of alkyl halides is 3. The number of nitrogens with zero attached hydrogens (tertiary/aromatic N) is 2. The Kier molecular flexibility index (Phi) is 3.95. The van der Waals surface area contributed by atoms with Gasteiger partial charge in [-0.3, -0.25) is 5.43 Å². The van der Waals surface area contributed by atoms with Crippen molar-refractivity contribution in [3.63, 3.8) is 0 Å². The highest BCUT2D eigenvalue weighted by atomic mass is 35.6. The van der Waals surface area contributed by atoms with Gasteiger partial charge in [0.05, 0.1) is 0 Å². The van der Waals surface area contributed by atoms with Crippen LogP contribution >= 0.6 is 34.8 Å². The average Bonchev–Trinajstić information content (AvgIpc) is 2.47. The lowest BCUT2D eigenvalue weighted by Crippen LogP contribution is -2.37. The second kappa shape index (κ2) is 4.58. The van der Waals surface area contributed by atoms with Crippen molar-refractivity contribution in [2.24, 2.45) is 5.10 Å². The SMILES string of the molecule is CCCCN1CNN=C1C(Cl)(Cl)Cl. The van der Waals surface area contributed by atoms with Crippen molar-refractivity contribution >= 4 is 40.6 Å². The number of unbranched alkanes of at least 4 members (excludes halogenated alkanes) is 1. The molecule has 1 heterocycles. The molecule has 0 unspecified atom stereocenters. The molecule has 0 aromatic carbocycles. The standard InChI is InChI=1S/C7H12Cl3N3/c1-2-3-4-13-5-11-12-6(13)7(8,9)10/h11H,2-5H2,1H3. The molecular formula is C7H12Cl3N3. The van der Waals surface area contributed by atoms with Gasteiger partial charge in [-0.15, -0.1) is 0 Å². The maximum atomic E-state index is 5.73. The third kappa shape index (κ3) is 3.08. The third-order valence-electron chi connectivity index (χ3n) is 1.78. The number of rotatable bonds is 3. The monoisotopic (exact) mass is 243 g/mol. The molecule has 0 aromatic heterocycles. The van der Waals surface area contributed by atoms with Crippen molar-refractivity contribution in [3.8, 4) is 0 Å². The fraction of sp³-hybridized carbons (Fsp3) is 0.857. The van der Waals surface area contributed by atoms with E-state index in [9.17, 15) is 0 Å². The van der Waals surface area contributed by atoms with Gasteiger partial charge in [-0.1, -0.05) is 48.1 Å². The maximum absolute atomic E-state index is 5.73. The summed E-state index contributed by atoms with van der Waals surface area (Å²) in [6.07, 6.45) is 2.19. The van der Waals surface area contributed by atoms with E-state index < -0.39 is 3.79 Å². The van der Waals surface area contributed by atoms with E-state index in [2.05, 4.69) is 17.5 Å². The van der Waals surface area contributed by atoms with E-state index in [0.717, 1.165) is 19.4 Å². The van der Waals surface area contributed by atoms with Gasteiger partial charge in [-0.05, 0) is 6.42 Å². The molecule has 0 saturated carbocycles. The summed E-state index contributed by atoms with van der Waals surface area (Å²) in [7, 11) is 0.